The van der Waals surface area contributed by atoms with Crippen LogP contribution in [0.1, 0.15) is 12.5 Å². The average Bonchev–Trinajstić information content (AvgIpc) is 2.34. The Bertz CT molecular complexity index is 408. The minimum absolute atomic E-state index is 0.000318. The van der Waals surface area contributed by atoms with Gasteiger partial charge in [0.25, 0.3) is 0 Å². The van der Waals surface area contributed by atoms with E-state index in [0.717, 1.165) is 12.5 Å². The van der Waals surface area contributed by atoms with Crippen molar-refractivity contribution in [3.8, 4) is 0 Å². The number of halogens is 1. The summed E-state index contributed by atoms with van der Waals surface area (Å²) in [6.45, 7) is 1.05. The Kier molecular flexibility index (Phi) is 5.10. The number of ether oxygens (including phenoxy) is 1. The van der Waals surface area contributed by atoms with Crippen LogP contribution in [0.15, 0.2) is 30.3 Å². The molecule has 0 heterocycles. The highest BCUT2D eigenvalue weighted by atomic mass is 19.1. The van der Waals surface area contributed by atoms with Gasteiger partial charge in [-0.25, -0.2) is 14.0 Å². The summed E-state index contributed by atoms with van der Waals surface area (Å²) in [4.78, 5) is 21.9. The Morgan fingerprint density at radius 2 is 2.00 bits per heavy atom. The first-order chi connectivity index (χ1) is 8.50. The highest BCUT2D eigenvalue weighted by molar-refractivity contribution is 5.80. The van der Waals surface area contributed by atoms with Crippen molar-refractivity contribution in [3.05, 3.63) is 35.9 Å². The van der Waals surface area contributed by atoms with Crippen LogP contribution in [0.25, 0.3) is 0 Å². The van der Waals surface area contributed by atoms with Crippen LogP contribution in [0.2, 0.25) is 0 Å². The number of amides is 1. The number of alkyl carbamates (subject to hydrolysis) is 1. The highest BCUT2D eigenvalue weighted by Crippen LogP contribution is 2.02. The SMILES string of the molecule is C[C@H](F)[C@@H](NC(=O)OCc1ccccc1)C(=O)O. The van der Waals surface area contributed by atoms with Gasteiger partial charge in [0, 0.05) is 0 Å². The van der Waals surface area contributed by atoms with E-state index in [1.165, 1.54) is 0 Å². The van der Waals surface area contributed by atoms with Gasteiger partial charge in [0.2, 0.25) is 0 Å². The summed E-state index contributed by atoms with van der Waals surface area (Å²) < 4.78 is 17.7. The Labute approximate surface area is 104 Å². The van der Waals surface area contributed by atoms with E-state index in [2.05, 4.69) is 0 Å². The first-order valence-electron chi connectivity index (χ1n) is 5.35. The van der Waals surface area contributed by atoms with E-state index in [0.29, 0.717) is 0 Å². The third-order valence-electron chi connectivity index (χ3n) is 2.21. The number of carbonyl (C=O) groups excluding carboxylic acids is 1. The van der Waals surface area contributed by atoms with Gasteiger partial charge >= 0.3 is 12.1 Å². The number of hydrogen-bond acceptors (Lipinski definition) is 3. The van der Waals surface area contributed by atoms with Crippen molar-refractivity contribution < 1.29 is 23.8 Å². The van der Waals surface area contributed by atoms with Gasteiger partial charge < -0.3 is 15.2 Å². The molecule has 18 heavy (non-hydrogen) atoms. The van der Waals surface area contributed by atoms with Gasteiger partial charge in [0.05, 0.1) is 0 Å². The zero-order valence-corrected chi connectivity index (χ0v) is 9.80. The second-order valence-corrected chi connectivity index (χ2v) is 3.70. The van der Waals surface area contributed by atoms with E-state index in [1.807, 2.05) is 11.4 Å². The number of carboxylic acids is 1. The van der Waals surface area contributed by atoms with Crippen molar-refractivity contribution in [1.29, 1.82) is 0 Å². The molecule has 5 nitrogen and oxygen atoms in total. The van der Waals surface area contributed by atoms with Crippen LogP contribution < -0.4 is 5.32 Å². The van der Waals surface area contributed by atoms with Crippen molar-refractivity contribution in [3.63, 3.8) is 0 Å². The molecule has 0 saturated heterocycles. The van der Waals surface area contributed by atoms with Gasteiger partial charge in [-0.05, 0) is 12.5 Å². The normalized spacial score (nSPS) is 13.4. The van der Waals surface area contributed by atoms with E-state index < -0.39 is 24.3 Å². The maximum absolute atomic E-state index is 12.9. The highest BCUT2D eigenvalue weighted by Gasteiger charge is 2.26. The van der Waals surface area contributed by atoms with Crippen molar-refractivity contribution in [1.82, 2.24) is 5.32 Å². The Balaban J connectivity index is 2.44. The third kappa shape index (κ3) is 4.40. The quantitative estimate of drug-likeness (QED) is 0.840. The number of aliphatic carboxylic acids is 1. The van der Waals surface area contributed by atoms with Crippen LogP contribution in [-0.4, -0.2) is 29.4 Å². The molecule has 0 aliphatic carbocycles. The molecule has 98 valence electrons. The molecule has 1 aromatic carbocycles. The predicted molar refractivity (Wildman–Crippen MR) is 61.8 cm³/mol. The summed E-state index contributed by atoms with van der Waals surface area (Å²) in [5, 5.41) is 10.6. The molecule has 1 amide bonds. The van der Waals surface area contributed by atoms with Gasteiger partial charge in [-0.2, -0.15) is 0 Å². The van der Waals surface area contributed by atoms with Gasteiger partial charge in [-0.15, -0.1) is 0 Å². The number of benzene rings is 1. The Morgan fingerprint density at radius 3 is 2.50 bits per heavy atom. The maximum atomic E-state index is 12.9. The number of rotatable bonds is 5. The zero-order valence-electron chi connectivity index (χ0n) is 9.80. The van der Waals surface area contributed by atoms with Crippen LogP contribution in [0.4, 0.5) is 9.18 Å². The molecule has 1 rings (SSSR count). The molecule has 2 N–H and O–H groups in total. The smallest absolute Gasteiger partial charge is 0.408 e. The number of hydrogen-bond donors (Lipinski definition) is 2. The summed E-state index contributed by atoms with van der Waals surface area (Å²) in [5.74, 6) is -1.44. The minimum atomic E-state index is -1.70. The molecular weight excluding hydrogens is 241 g/mol. The molecule has 0 spiro atoms. The lowest BCUT2D eigenvalue weighted by Crippen LogP contribution is -2.46. The lowest BCUT2D eigenvalue weighted by Gasteiger charge is -2.15. The molecule has 6 heteroatoms. The van der Waals surface area contributed by atoms with E-state index >= 15 is 0 Å². The second-order valence-electron chi connectivity index (χ2n) is 3.70. The fourth-order valence-electron chi connectivity index (χ4n) is 1.26. The summed E-state index contributed by atoms with van der Waals surface area (Å²) in [5.41, 5.74) is 0.757. The van der Waals surface area contributed by atoms with Crippen molar-refractivity contribution >= 4 is 12.1 Å². The minimum Gasteiger partial charge on any atom is -0.480 e. The first-order valence-corrected chi connectivity index (χ1v) is 5.35. The van der Waals surface area contributed by atoms with Crippen LogP contribution in [-0.2, 0) is 16.1 Å². The summed E-state index contributed by atoms with van der Waals surface area (Å²) >= 11 is 0. The predicted octanol–water partition coefficient (Wildman–Crippen LogP) is 1.72. The topological polar surface area (TPSA) is 75.6 Å². The van der Waals surface area contributed by atoms with Crippen LogP contribution in [0, 0.1) is 0 Å². The molecular formula is C12H14FNO4. The summed E-state index contributed by atoms with van der Waals surface area (Å²) in [6.07, 6.45) is -2.66. The number of carboxylic acid groups (broad SMARTS) is 1. The molecule has 2 atom stereocenters. The largest absolute Gasteiger partial charge is 0.480 e. The van der Waals surface area contributed by atoms with E-state index in [1.54, 1.807) is 24.3 Å². The van der Waals surface area contributed by atoms with E-state index in [4.69, 9.17) is 9.84 Å². The van der Waals surface area contributed by atoms with E-state index in [-0.39, 0.29) is 6.61 Å². The average molecular weight is 255 g/mol. The lowest BCUT2D eigenvalue weighted by molar-refractivity contribution is -0.140. The zero-order chi connectivity index (χ0) is 13.5. The van der Waals surface area contributed by atoms with Crippen LogP contribution in [0.3, 0.4) is 0 Å². The van der Waals surface area contributed by atoms with Crippen molar-refractivity contribution in [2.24, 2.45) is 0 Å². The molecule has 1 aromatic rings. The fraction of sp³-hybridized carbons (Fsp3) is 0.333. The maximum Gasteiger partial charge on any atom is 0.408 e. The van der Waals surface area contributed by atoms with Gasteiger partial charge in [-0.1, -0.05) is 30.3 Å². The number of nitrogens with one attached hydrogen (secondary N) is 1. The number of alkyl halides is 1. The monoisotopic (exact) mass is 255 g/mol. The van der Waals surface area contributed by atoms with Crippen molar-refractivity contribution in [2.45, 2.75) is 25.7 Å². The first kappa shape index (κ1) is 14.0. The third-order valence-corrected chi connectivity index (χ3v) is 2.21. The van der Waals surface area contributed by atoms with Crippen LogP contribution in [0.5, 0.6) is 0 Å². The lowest BCUT2D eigenvalue weighted by atomic mass is 10.2. The van der Waals surface area contributed by atoms with Crippen LogP contribution >= 0.6 is 0 Å². The molecule has 0 fully saturated rings. The standard InChI is InChI=1S/C12H14FNO4/c1-8(13)10(11(15)16)14-12(17)18-7-9-5-3-2-4-6-9/h2-6,8,10H,7H2,1H3,(H,14,17)(H,15,16)/t8-,10+/m0/s1. The summed E-state index contributed by atoms with van der Waals surface area (Å²) in [7, 11) is 0. The molecule has 0 radical (unpaired) electrons. The molecule has 0 aromatic heterocycles. The van der Waals surface area contributed by atoms with E-state index in [9.17, 15) is 14.0 Å². The molecule has 0 aliphatic rings. The van der Waals surface area contributed by atoms with Crippen molar-refractivity contribution in [2.75, 3.05) is 0 Å². The summed E-state index contributed by atoms with van der Waals surface area (Å²) in [6, 6.07) is 7.27. The van der Waals surface area contributed by atoms with Gasteiger partial charge in [0.15, 0.2) is 6.04 Å². The van der Waals surface area contributed by atoms with Gasteiger partial charge in [0.1, 0.15) is 12.8 Å². The molecule has 0 aliphatic heterocycles. The number of carbonyl (C=O) groups is 2. The van der Waals surface area contributed by atoms with Gasteiger partial charge in [-0.3, -0.25) is 0 Å². The Hall–Kier alpha value is -2.11. The Morgan fingerprint density at radius 1 is 1.39 bits per heavy atom. The molecule has 0 saturated carbocycles. The molecule has 0 bridgehead atoms. The molecule has 0 unspecified atom stereocenters. The second kappa shape index (κ2) is 6.58. The fourth-order valence-corrected chi connectivity index (χ4v) is 1.26.